The van der Waals surface area contributed by atoms with E-state index in [0.717, 1.165) is 21.5 Å². The van der Waals surface area contributed by atoms with E-state index in [1.807, 2.05) is 73.3 Å². The molecule has 15 nitrogen and oxygen atoms in total. The van der Waals surface area contributed by atoms with Gasteiger partial charge >= 0.3 is 0 Å². The SMILES string of the molecule is COc1ccccc1NC(=S)NCC(=O)N[C@@H](Cc1ccccc1)C(=O)NCC(=O)N[C@H](C(=O)N1CCC[C@H]1C(=O)N1CCN(c2nsc3ccccc23)CC1)C(C)C. The molecule has 59 heavy (non-hydrogen) atoms. The number of fused-ring (bicyclic) bond motifs is 1. The van der Waals surface area contributed by atoms with Crippen LogP contribution in [0.25, 0.3) is 10.1 Å². The van der Waals surface area contributed by atoms with Crippen molar-refractivity contribution >= 4 is 80.0 Å². The topological polar surface area (TPSA) is 177 Å². The lowest BCUT2D eigenvalue weighted by molar-refractivity contribution is -0.146. The Hall–Kier alpha value is -5.81. The summed E-state index contributed by atoms with van der Waals surface area (Å²) in [5.74, 6) is -0.845. The normalized spacial score (nSPS) is 16.3. The highest BCUT2D eigenvalue weighted by Crippen LogP contribution is 2.30. The standard InChI is InChI=1S/C42H51N9O6S2/c1-27(2)37(41(56)51-19-11-16-32(51)40(55)50-22-20-49(21-23-50)38-29-14-7-10-18-34(29)59-48-38)47-36(53)25-43-39(54)31(24-28-12-5-4-6-13-28)45-35(52)26-44-42(58)46-30-15-8-9-17-33(30)57-3/h4-10,12-15,17-18,27,31-32,37H,11,16,19-26H2,1-3H3,(H,43,54)(H,45,52)(H,47,53)(H2,44,46,58)/t31-,32-,37-/m0/s1. The zero-order chi connectivity index (χ0) is 41.9. The van der Waals surface area contributed by atoms with Crippen molar-refractivity contribution in [3.8, 4) is 5.75 Å². The second-order valence-corrected chi connectivity index (χ2v) is 16.0. The molecule has 6 rings (SSSR count). The van der Waals surface area contributed by atoms with Crippen LogP contribution >= 0.6 is 23.8 Å². The predicted octanol–water partition coefficient (Wildman–Crippen LogP) is 2.92. The van der Waals surface area contributed by atoms with Gasteiger partial charge in [-0.25, -0.2) is 0 Å². The quantitative estimate of drug-likeness (QED) is 0.111. The maximum atomic E-state index is 14.0. The van der Waals surface area contributed by atoms with E-state index in [4.69, 9.17) is 17.0 Å². The minimum absolute atomic E-state index is 0.0871. The molecular weight excluding hydrogens is 791 g/mol. The van der Waals surface area contributed by atoms with Gasteiger partial charge in [0.2, 0.25) is 29.5 Å². The number of carbonyl (C=O) groups is 5. The van der Waals surface area contributed by atoms with Crippen LogP contribution in [0.3, 0.4) is 0 Å². The Morgan fingerprint density at radius 2 is 1.53 bits per heavy atom. The highest BCUT2D eigenvalue weighted by Gasteiger charge is 2.41. The molecule has 0 spiro atoms. The van der Waals surface area contributed by atoms with Gasteiger partial charge in [-0.3, -0.25) is 24.0 Å². The Morgan fingerprint density at radius 1 is 0.847 bits per heavy atom. The van der Waals surface area contributed by atoms with E-state index in [0.29, 0.717) is 57.0 Å². The van der Waals surface area contributed by atoms with Crippen LogP contribution in [0.5, 0.6) is 5.75 Å². The van der Waals surface area contributed by atoms with Crippen LogP contribution in [0.4, 0.5) is 11.5 Å². The highest BCUT2D eigenvalue weighted by atomic mass is 32.1. The lowest BCUT2D eigenvalue weighted by Crippen LogP contribution is -2.58. The first-order chi connectivity index (χ1) is 28.5. The molecule has 0 saturated carbocycles. The van der Waals surface area contributed by atoms with Gasteiger partial charge in [-0.2, -0.15) is 4.37 Å². The molecule has 0 aliphatic carbocycles. The molecule has 0 bridgehead atoms. The number of amides is 5. The third-order valence-corrected chi connectivity index (χ3v) is 11.5. The van der Waals surface area contributed by atoms with Crippen molar-refractivity contribution < 1.29 is 28.7 Å². The molecule has 5 N–H and O–H groups in total. The summed E-state index contributed by atoms with van der Waals surface area (Å²) in [5, 5.41) is 15.3. The Labute approximate surface area is 353 Å². The number of para-hydroxylation sites is 2. The third kappa shape index (κ3) is 11.0. The maximum absolute atomic E-state index is 14.0. The van der Waals surface area contributed by atoms with E-state index < -0.39 is 42.4 Å². The van der Waals surface area contributed by atoms with Gasteiger partial charge in [0, 0.05) is 44.5 Å². The average Bonchev–Trinajstić information content (AvgIpc) is 3.92. The van der Waals surface area contributed by atoms with Crippen molar-refractivity contribution in [3.63, 3.8) is 0 Å². The second-order valence-electron chi connectivity index (χ2n) is 14.8. The minimum atomic E-state index is -1.02. The molecule has 5 amide bonds. The largest absolute Gasteiger partial charge is 0.495 e. The molecule has 4 aromatic rings. The molecule has 2 saturated heterocycles. The van der Waals surface area contributed by atoms with Crippen molar-refractivity contribution in [3.05, 3.63) is 84.4 Å². The van der Waals surface area contributed by atoms with E-state index in [9.17, 15) is 24.0 Å². The fourth-order valence-corrected chi connectivity index (χ4v) is 8.30. The summed E-state index contributed by atoms with van der Waals surface area (Å²) < 4.78 is 11.1. The van der Waals surface area contributed by atoms with Gasteiger partial charge in [-0.1, -0.05) is 68.4 Å². The Kier molecular flexibility index (Phi) is 14.7. The number of piperazine rings is 1. The van der Waals surface area contributed by atoms with E-state index in [1.54, 1.807) is 17.0 Å². The van der Waals surface area contributed by atoms with Gasteiger partial charge < -0.3 is 46.0 Å². The van der Waals surface area contributed by atoms with Crippen LogP contribution in [0.15, 0.2) is 78.9 Å². The molecule has 3 atom stereocenters. The Morgan fingerprint density at radius 3 is 2.27 bits per heavy atom. The first-order valence-corrected chi connectivity index (χ1v) is 21.0. The van der Waals surface area contributed by atoms with Crippen molar-refractivity contribution in [2.45, 2.75) is 51.2 Å². The number of ether oxygens (including phenoxy) is 1. The Balaban J connectivity index is 1.01. The van der Waals surface area contributed by atoms with E-state index >= 15 is 0 Å². The molecule has 2 aliphatic rings. The number of anilines is 2. The van der Waals surface area contributed by atoms with Gasteiger partial charge in [0.1, 0.15) is 29.7 Å². The molecule has 0 unspecified atom stereocenters. The molecule has 17 heteroatoms. The van der Waals surface area contributed by atoms with Crippen molar-refractivity contribution in [1.29, 1.82) is 0 Å². The molecule has 3 aromatic carbocycles. The van der Waals surface area contributed by atoms with Crippen LogP contribution in [0.1, 0.15) is 32.3 Å². The molecule has 3 heterocycles. The predicted molar refractivity (Wildman–Crippen MR) is 232 cm³/mol. The van der Waals surface area contributed by atoms with Crippen LogP contribution in [-0.2, 0) is 30.4 Å². The van der Waals surface area contributed by atoms with Gasteiger partial charge in [-0.15, -0.1) is 0 Å². The lowest BCUT2D eigenvalue weighted by atomic mass is 10.0. The maximum Gasteiger partial charge on any atom is 0.246 e. The number of hydrogen-bond acceptors (Lipinski definition) is 10. The summed E-state index contributed by atoms with van der Waals surface area (Å²) in [7, 11) is 1.54. The summed E-state index contributed by atoms with van der Waals surface area (Å²) in [6, 6.07) is 21.9. The van der Waals surface area contributed by atoms with Crippen molar-refractivity contribution in [1.82, 2.24) is 35.4 Å². The first kappa shape index (κ1) is 42.8. The smallest absolute Gasteiger partial charge is 0.246 e. The number of nitrogens with one attached hydrogen (secondary N) is 5. The van der Waals surface area contributed by atoms with Gasteiger partial charge in [0.05, 0.1) is 30.6 Å². The van der Waals surface area contributed by atoms with Crippen molar-refractivity contribution in [2.24, 2.45) is 5.92 Å². The molecule has 2 fully saturated rings. The Bertz CT molecular complexity index is 2130. The number of rotatable bonds is 15. The van der Waals surface area contributed by atoms with E-state index in [2.05, 4.69) is 48.0 Å². The molecule has 312 valence electrons. The zero-order valence-corrected chi connectivity index (χ0v) is 35.1. The highest BCUT2D eigenvalue weighted by molar-refractivity contribution is 7.80. The summed E-state index contributed by atoms with van der Waals surface area (Å²) in [6.07, 6.45) is 1.39. The number of methoxy groups -OCH3 is 1. The minimum Gasteiger partial charge on any atom is -0.495 e. The molecule has 1 aromatic heterocycles. The molecule has 2 aliphatic heterocycles. The average molecular weight is 842 g/mol. The zero-order valence-electron chi connectivity index (χ0n) is 33.4. The van der Waals surface area contributed by atoms with Gasteiger partial charge in [0.15, 0.2) is 5.11 Å². The monoisotopic (exact) mass is 841 g/mol. The number of aromatic nitrogens is 1. The number of carbonyl (C=O) groups excluding carboxylic acids is 5. The van der Waals surface area contributed by atoms with Crippen LogP contribution in [0, 0.1) is 5.92 Å². The van der Waals surface area contributed by atoms with E-state index in [1.165, 1.54) is 18.6 Å². The van der Waals surface area contributed by atoms with Gasteiger partial charge in [0.25, 0.3) is 0 Å². The lowest BCUT2D eigenvalue weighted by Gasteiger charge is -2.38. The van der Waals surface area contributed by atoms with Gasteiger partial charge in [-0.05, 0) is 72.3 Å². The summed E-state index contributed by atoms with van der Waals surface area (Å²) in [4.78, 5) is 73.4. The third-order valence-electron chi connectivity index (χ3n) is 10.4. The number of benzene rings is 3. The van der Waals surface area contributed by atoms with E-state index in [-0.39, 0.29) is 35.8 Å². The fourth-order valence-electron chi connectivity index (χ4n) is 7.32. The van der Waals surface area contributed by atoms with Crippen LogP contribution in [0.2, 0.25) is 0 Å². The summed E-state index contributed by atoms with van der Waals surface area (Å²) >= 11 is 6.82. The number of hydrogen-bond donors (Lipinski definition) is 5. The summed E-state index contributed by atoms with van der Waals surface area (Å²) in [6.45, 7) is 5.72. The van der Waals surface area contributed by atoms with Crippen LogP contribution in [-0.4, -0.2) is 120 Å². The van der Waals surface area contributed by atoms with Crippen LogP contribution < -0.4 is 36.2 Å². The second kappa shape index (κ2) is 20.2. The number of likely N-dealkylation sites (tertiary alicyclic amines) is 1. The molecular formula is C42H51N9O6S2. The number of nitrogens with zero attached hydrogens (tertiary/aromatic N) is 4. The fraction of sp³-hybridized carbons (Fsp3) is 0.405. The van der Waals surface area contributed by atoms with Crippen molar-refractivity contribution in [2.75, 3.05) is 63.1 Å². The number of thiocarbonyl (C=S) groups is 1. The molecule has 0 radical (unpaired) electrons. The summed E-state index contributed by atoms with van der Waals surface area (Å²) in [5.41, 5.74) is 1.42. The first-order valence-electron chi connectivity index (χ1n) is 19.8.